The molecule has 0 fully saturated rings. The predicted octanol–water partition coefficient (Wildman–Crippen LogP) is 2.68. The minimum atomic E-state index is -0.827. The summed E-state index contributed by atoms with van der Waals surface area (Å²) in [5.41, 5.74) is 0.315. The Morgan fingerprint density at radius 1 is 1.19 bits per heavy atom. The fourth-order valence-electron chi connectivity index (χ4n) is 2.07. The number of hydrogen-bond donors (Lipinski definition) is 1. The van der Waals surface area contributed by atoms with E-state index in [1.165, 1.54) is 12.1 Å². The molecular weight excluding hydrogens is 347 g/mol. The summed E-state index contributed by atoms with van der Waals surface area (Å²) in [4.78, 5) is 33.8. The van der Waals surface area contributed by atoms with Gasteiger partial charge in [-0.15, -0.1) is 0 Å². The molecule has 0 aliphatic carbocycles. The zero-order valence-corrected chi connectivity index (χ0v) is 13.7. The first kappa shape index (κ1) is 19.0. The van der Waals surface area contributed by atoms with Gasteiger partial charge in [0.15, 0.2) is 6.61 Å². The van der Waals surface area contributed by atoms with E-state index in [-0.39, 0.29) is 11.3 Å². The standard InChI is InChI=1S/C17H15FN2O6/c1-25-9-11-2-4-12(5-3-11)17(22)26-10-16(21)19-14-7-6-13(18)8-15(14)20(23)24/h2-8H,9-10H2,1H3,(H,19,21). The number of halogens is 1. The Labute approximate surface area is 147 Å². The maximum Gasteiger partial charge on any atom is 0.338 e. The minimum Gasteiger partial charge on any atom is -0.452 e. The fourth-order valence-corrected chi connectivity index (χ4v) is 2.07. The first-order chi connectivity index (χ1) is 12.4. The van der Waals surface area contributed by atoms with Gasteiger partial charge in [0, 0.05) is 7.11 Å². The molecule has 0 spiro atoms. The van der Waals surface area contributed by atoms with Crippen LogP contribution in [0.25, 0.3) is 0 Å². The van der Waals surface area contributed by atoms with Gasteiger partial charge in [0.05, 0.1) is 23.2 Å². The van der Waals surface area contributed by atoms with Crippen molar-refractivity contribution in [3.63, 3.8) is 0 Å². The second kappa shape index (κ2) is 8.67. The van der Waals surface area contributed by atoms with Crippen molar-refractivity contribution < 1.29 is 28.4 Å². The SMILES string of the molecule is COCc1ccc(C(=O)OCC(=O)Nc2ccc(F)cc2[N+](=O)[O-])cc1. The average Bonchev–Trinajstić information content (AvgIpc) is 2.62. The van der Waals surface area contributed by atoms with Gasteiger partial charge in [-0.3, -0.25) is 14.9 Å². The lowest BCUT2D eigenvalue weighted by atomic mass is 10.1. The maximum absolute atomic E-state index is 13.1. The zero-order valence-electron chi connectivity index (χ0n) is 13.7. The molecule has 136 valence electrons. The number of anilines is 1. The molecule has 1 N–H and O–H groups in total. The molecular formula is C17H15FN2O6. The summed E-state index contributed by atoms with van der Waals surface area (Å²) in [6, 6.07) is 9.13. The first-order valence-electron chi connectivity index (χ1n) is 7.39. The molecule has 0 aliphatic rings. The summed E-state index contributed by atoms with van der Waals surface area (Å²) < 4.78 is 22.9. The molecule has 2 aromatic carbocycles. The van der Waals surface area contributed by atoms with Crippen molar-refractivity contribution in [1.29, 1.82) is 0 Å². The van der Waals surface area contributed by atoms with Crippen LogP contribution in [0, 0.1) is 15.9 Å². The second-order valence-corrected chi connectivity index (χ2v) is 5.17. The van der Waals surface area contributed by atoms with Crippen LogP contribution in [-0.2, 0) is 20.9 Å². The summed E-state index contributed by atoms with van der Waals surface area (Å²) in [6.07, 6.45) is 0. The molecule has 0 saturated carbocycles. The number of carbonyl (C=O) groups excluding carboxylic acids is 2. The number of nitro groups is 1. The molecule has 0 aromatic heterocycles. The van der Waals surface area contributed by atoms with Crippen LogP contribution in [0.5, 0.6) is 0 Å². The first-order valence-corrected chi connectivity index (χ1v) is 7.39. The zero-order chi connectivity index (χ0) is 19.1. The number of rotatable bonds is 7. The molecule has 0 saturated heterocycles. The number of methoxy groups -OCH3 is 1. The lowest BCUT2D eigenvalue weighted by Gasteiger charge is -2.08. The Balaban J connectivity index is 1.94. The van der Waals surface area contributed by atoms with Crippen LogP contribution in [0.15, 0.2) is 42.5 Å². The molecule has 26 heavy (non-hydrogen) atoms. The number of esters is 1. The second-order valence-electron chi connectivity index (χ2n) is 5.17. The maximum atomic E-state index is 13.1. The quantitative estimate of drug-likeness (QED) is 0.461. The summed E-state index contributed by atoms with van der Waals surface area (Å²) in [7, 11) is 1.55. The molecule has 2 rings (SSSR count). The number of ether oxygens (including phenoxy) is 2. The summed E-state index contributed by atoms with van der Waals surface area (Å²) in [5.74, 6) is -2.32. The Morgan fingerprint density at radius 3 is 2.50 bits per heavy atom. The number of nitro benzene ring substituents is 1. The summed E-state index contributed by atoms with van der Waals surface area (Å²) >= 11 is 0. The van der Waals surface area contributed by atoms with Crippen molar-refractivity contribution in [2.24, 2.45) is 0 Å². The van der Waals surface area contributed by atoms with Gasteiger partial charge in [0.25, 0.3) is 11.6 Å². The van der Waals surface area contributed by atoms with Crippen molar-refractivity contribution in [3.05, 3.63) is 69.5 Å². The van der Waals surface area contributed by atoms with E-state index < -0.39 is 34.9 Å². The van der Waals surface area contributed by atoms with Gasteiger partial charge in [0.2, 0.25) is 0 Å². The van der Waals surface area contributed by atoms with Gasteiger partial charge < -0.3 is 14.8 Å². The lowest BCUT2D eigenvalue weighted by molar-refractivity contribution is -0.384. The van der Waals surface area contributed by atoms with Crippen LogP contribution >= 0.6 is 0 Å². The van der Waals surface area contributed by atoms with E-state index >= 15 is 0 Å². The normalized spacial score (nSPS) is 10.2. The van der Waals surface area contributed by atoms with E-state index in [1.807, 2.05) is 0 Å². The van der Waals surface area contributed by atoms with E-state index in [9.17, 15) is 24.1 Å². The van der Waals surface area contributed by atoms with E-state index in [0.717, 1.165) is 17.7 Å². The Morgan fingerprint density at radius 2 is 1.88 bits per heavy atom. The van der Waals surface area contributed by atoms with Crippen LogP contribution in [0.2, 0.25) is 0 Å². The fraction of sp³-hybridized carbons (Fsp3) is 0.176. The van der Waals surface area contributed by atoms with Crippen molar-refractivity contribution in [3.8, 4) is 0 Å². The van der Waals surface area contributed by atoms with Crippen molar-refractivity contribution in [2.45, 2.75) is 6.61 Å². The highest BCUT2D eigenvalue weighted by molar-refractivity contribution is 5.96. The van der Waals surface area contributed by atoms with Gasteiger partial charge in [-0.1, -0.05) is 12.1 Å². The summed E-state index contributed by atoms with van der Waals surface area (Å²) in [6.45, 7) is -0.249. The predicted molar refractivity (Wildman–Crippen MR) is 89.1 cm³/mol. The highest BCUT2D eigenvalue weighted by atomic mass is 19.1. The van der Waals surface area contributed by atoms with Gasteiger partial charge >= 0.3 is 5.97 Å². The van der Waals surface area contributed by atoms with Crippen LogP contribution in [-0.4, -0.2) is 30.5 Å². The van der Waals surface area contributed by atoms with Crippen molar-refractivity contribution in [1.82, 2.24) is 0 Å². The third-order valence-corrected chi connectivity index (χ3v) is 3.27. The van der Waals surface area contributed by atoms with Gasteiger partial charge in [0.1, 0.15) is 11.5 Å². The molecule has 0 aliphatic heterocycles. The van der Waals surface area contributed by atoms with Crippen LogP contribution in [0.3, 0.4) is 0 Å². The number of hydrogen-bond acceptors (Lipinski definition) is 6. The van der Waals surface area contributed by atoms with Gasteiger partial charge in [-0.25, -0.2) is 9.18 Å². The van der Waals surface area contributed by atoms with E-state index in [4.69, 9.17) is 9.47 Å². The van der Waals surface area contributed by atoms with E-state index in [1.54, 1.807) is 19.2 Å². The Kier molecular flexibility index (Phi) is 6.34. The molecule has 2 aromatic rings. The van der Waals surface area contributed by atoms with E-state index in [0.29, 0.717) is 12.7 Å². The molecule has 9 heteroatoms. The molecule has 0 unspecified atom stereocenters. The third-order valence-electron chi connectivity index (χ3n) is 3.27. The number of carbonyl (C=O) groups is 2. The number of nitrogens with one attached hydrogen (secondary N) is 1. The highest BCUT2D eigenvalue weighted by Gasteiger charge is 2.18. The molecule has 1 amide bonds. The molecule has 0 radical (unpaired) electrons. The van der Waals surface area contributed by atoms with Gasteiger partial charge in [-0.2, -0.15) is 0 Å². The lowest BCUT2D eigenvalue weighted by Crippen LogP contribution is -2.21. The largest absolute Gasteiger partial charge is 0.452 e. The highest BCUT2D eigenvalue weighted by Crippen LogP contribution is 2.24. The molecule has 0 atom stereocenters. The minimum absolute atomic E-state index is 0.193. The Bertz CT molecular complexity index is 823. The summed E-state index contributed by atoms with van der Waals surface area (Å²) in [5, 5.41) is 13.1. The topological polar surface area (TPSA) is 108 Å². The van der Waals surface area contributed by atoms with Crippen molar-refractivity contribution in [2.75, 3.05) is 19.0 Å². The Hall–Kier alpha value is -3.33. The molecule has 0 heterocycles. The van der Waals surface area contributed by atoms with Crippen LogP contribution < -0.4 is 5.32 Å². The number of nitrogens with zero attached hydrogens (tertiary/aromatic N) is 1. The van der Waals surface area contributed by atoms with Crippen LogP contribution in [0.1, 0.15) is 15.9 Å². The number of benzene rings is 2. The van der Waals surface area contributed by atoms with E-state index in [2.05, 4.69) is 5.32 Å². The van der Waals surface area contributed by atoms with Gasteiger partial charge in [-0.05, 0) is 29.8 Å². The molecule has 8 nitrogen and oxygen atoms in total. The smallest absolute Gasteiger partial charge is 0.338 e. The monoisotopic (exact) mass is 362 g/mol. The number of amides is 1. The average molecular weight is 362 g/mol. The third kappa shape index (κ3) is 5.08. The van der Waals surface area contributed by atoms with Crippen molar-refractivity contribution >= 4 is 23.3 Å². The van der Waals surface area contributed by atoms with Crippen LogP contribution in [0.4, 0.5) is 15.8 Å². The molecule has 0 bridgehead atoms.